The lowest BCUT2D eigenvalue weighted by Crippen LogP contribution is -2.27. The van der Waals surface area contributed by atoms with Crippen molar-refractivity contribution >= 4 is 17.0 Å². The average molecular weight is 332 g/mol. The van der Waals surface area contributed by atoms with E-state index in [4.69, 9.17) is 4.74 Å². The molecule has 0 unspecified atom stereocenters. The zero-order chi connectivity index (χ0) is 17.5. The molecule has 0 N–H and O–H groups in total. The van der Waals surface area contributed by atoms with Crippen LogP contribution in [0.3, 0.4) is 0 Å². The van der Waals surface area contributed by atoms with Crippen molar-refractivity contribution in [2.24, 2.45) is 0 Å². The molecule has 1 aromatic carbocycles. The molecule has 0 aliphatic carbocycles. The van der Waals surface area contributed by atoms with Gasteiger partial charge in [-0.15, -0.1) is 0 Å². The van der Waals surface area contributed by atoms with Gasteiger partial charge in [0.05, 0.1) is 5.52 Å². The van der Waals surface area contributed by atoms with Crippen LogP contribution in [0.2, 0.25) is 0 Å². The van der Waals surface area contributed by atoms with E-state index in [1.165, 1.54) is 23.1 Å². The number of benzene rings is 1. The summed E-state index contributed by atoms with van der Waals surface area (Å²) in [5.41, 5.74) is 1.04. The van der Waals surface area contributed by atoms with Gasteiger partial charge in [0, 0.05) is 17.6 Å². The van der Waals surface area contributed by atoms with Gasteiger partial charge in [0.2, 0.25) is 0 Å². The predicted octanol–water partition coefficient (Wildman–Crippen LogP) is 4.20. The fourth-order valence-electron chi connectivity index (χ4n) is 3.39. The number of hydrogen-bond donors (Lipinski definition) is 0. The third-order valence-electron chi connectivity index (χ3n) is 4.57. The first-order valence-corrected chi connectivity index (χ1v) is 8.48. The summed E-state index contributed by atoms with van der Waals surface area (Å²) in [6.45, 7) is 6.58. The summed E-state index contributed by atoms with van der Waals surface area (Å²) in [6, 6.07) is 5.08. The number of aromatic nitrogens is 1. The van der Waals surface area contributed by atoms with Crippen molar-refractivity contribution in [3.63, 3.8) is 0 Å². The van der Waals surface area contributed by atoms with Gasteiger partial charge in [0.25, 0.3) is 0 Å². The van der Waals surface area contributed by atoms with E-state index in [1.807, 2.05) is 27.0 Å². The number of carbonyl (C=O) groups is 1. The van der Waals surface area contributed by atoms with Crippen molar-refractivity contribution in [3.8, 4) is 0 Å². The first-order valence-electron chi connectivity index (χ1n) is 8.48. The molecule has 0 amide bonds. The van der Waals surface area contributed by atoms with Crippen molar-refractivity contribution in [1.82, 2.24) is 9.47 Å². The molecule has 1 aromatic heterocycles. The Morgan fingerprint density at radius 1 is 1.38 bits per heavy atom. The van der Waals surface area contributed by atoms with Gasteiger partial charge in [-0.1, -0.05) is 0 Å². The number of halogens is 1. The van der Waals surface area contributed by atoms with Crippen molar-refractivity contribution in [1.29, 1.82) is 0 Å². The molecule has 0 radical (unpaired) electrons. The van der Waals surface area contributed by atoms with E-state index in [2.05, 4.69) is 11.9 Å². The van der Waals surface area contributed by atoms with Crippen LogP contribution in [-0.4, -0.2) is 40.8 Å². The molecule has 0 bridgehead atoms. The molecule has 0 spiro atoms. The molecule has 1 aliphatic rings. The molecule has 24 heavy (non-hydrogen) atoms. The molecule has 2 heterocycles. The zero-order valence-electron chi connectivity index (χ0n) is 14.8. The van der Waals surface area contributed by atoms with Crippen molar-refractivity contribution in [2.75, 3.05) is 13.6 Å². The van der Waals surface area contributed by atoms with Crippen LogP contribution in [0, 0.1) is 5.82 Å². The first-order chi connectivity index (χ1) is 11.2. The van der Waals surface area contributed by atoms with E-state index in [1.54, 1.807) is 6.07 Å². The Hall–Kier alpha value is -1.88. The molecule has 1 atom stereocenters. The summed E-state index contributed by atoms with van der Waals surface area (Å²) >= 11 is 0. The highest BCUT2D eigenvalue weighted by Gasteiger charge is 2.25. The van der Waals surface area contributed by atoms with Crippen LogP contribution < -0.4 is 0 Å². The lowest BCUT2D eigenvalue weighted by atomic mass is 10.0. The van der Waals surface area contributed by atoms with E-state index in [0.717, 1.165) is 30.3 Å². The Morgan fingerprint density at radius 2 is 2.12 bits per heavy atom. The average Bonchev–Trinajstić information content (AvgIpc) is 3.02. The maximum Gasteiger partial charge on any atom is 0.419 e. The van der Waals surface area contributed by atoms with Crippen LogP contribution in [0.1, 0.15) is 39.2 Å². The minimum atomic E-state index is -0.590. The molecule has 0 saturated carbocycles. The molecular formula is C19H25FN2O2. The number of carbonyl (C=O) groups excluding carboxylic acids is 1. The van der Waals surface area contributed by atoms with Crippen molar-refractivity contribution < 1.29 is 13.9 Å². The molecular weight excluding hydrogens is 307 g/mol. The highest BCUT2D eigenvalue weighted by atomic mass is 19.1. The van der Waals surface area contributed by atoms with E-state index in [-0.39, 0.29) is 5.82 Å². The number of hydrogen-bond acceptors (Lipinski definition) is 3. The number of ether oxygens (including phenoxy) is 1. The topological polar surface area (TPSA) is 34.5 Å². The van der Waals surface area contributed by atoms with Gasteiger partial charge in [0.15, 0.2) is 0 Å². The Morgan fingerprint density at radius 3 is 2.75 bits per heavy atom. The monoisotopic (exact) mass is 332 g/mol. The van der Waals surface area contributed by atoms with Gasteiger partial charge >= 0.3 is 6.09 Å². The normalized spacial score (nSPS) is 19.1. The second-order valence-corrected chi connectivity index (χ2v) is 7.65. The fourth-order valence-corrected chi connectivity index (χ4v) is 3.39. The van der Waals surface area contributed by atoms with Crippen LogP contribution in [0.15, 0.2) is 24.4 Å². The second kappa shape index (κ2) is 6.20. The summed E-state index contributed by atoms with van der Waals surface area (Å²) in [6.07, 6.45) is 4.54. The van der Waals surface area contributed by atoms with Gasteiger partial charge in [-0.25, -0.2) is 9.18 Å². The summed E-state index contributed by atoms with van der Waals surface area (Å²) in [7, 11) is 2.13. The largest absolute Gasteiger partial charge is 0.443 e. The van der Waals surface area contributed by atoms with Crippen LogP contribution in [-0.2, 0) is 11.2 Å². The third kappa shape index (κ3) is 3.46. The summed E-state index contributed by atoms with van der Waals surface area (Å²) in [5.74, 6) is -0.352. The number of fused-ring (bicyclic) bond motifs is 1. The standard InChI is InChI=1S/C19H25FN2O2/c1-19(2,3)24-18(23)22-12-13(10-15-6-5-9-21(15)4)16-8-7-14(20)11-17(16)22/h7-8,11-12,15H,5-6,9-10H2,1-4H3/t15-/m0/s1. The minimum Gasteiger partial charge on any atom is -0.443 e. The number of likely N-dealkylation sites (tertiary alicyclic amines) is 1. The molecule has 2 aromatic rings. The Balaban J connectivity index is 1.99. The molecule has 4 nitrogen and oxygen atoms in total. The summed E-state index contributed by atoms with van der Waals surface area (Å²) in [4.78, 5) is 14.9. The number of rotatable bonds is 2. The molecule has 130 valence electrons. The first kappa shape index (κ1) is 17.0. The molecule has 1 fully saturated rings. The number of likely N-dealkylation sites (N-methyl/N-ethyl adjacent to an activating group) is 1. The molecule has 1 saturated heterocycles. The quantitative estimate of drug-likeness (QED) is 0.826. The third-order valence-corrected chi connectivity index (χ3v) is 4.57. The van der Waals surface area contributed by atoms with Crippen LogP contribution in [0.4, 0.5) is 9.18 Å². The summed E-state index contributed by atoms with van der Waals surface area (Å²) < 4.78 is 20.6. The number of nitrogens with zero attached hydrogens (tertiary/aromatic N) is 2. The highest BCUT2D eigenvalue weighted by Crippen LogP contribution is 2.28. The van der Waals surface area contributed by atoms with Gasteiger partial charge < -0.3 is 9.64 Å². The van der Waals surface area contributed by atoms with Gasteiger partial charge in [-0.2, -0.15) is 0 Å². The minimum absolute atomic E-state index is 0.352. The van der Waals surface area contributed by atoms with E-state index < -0.39 is 11.7 Å². The van der Waals surface area contributed by atoms with Crippen LogP contribution >= 0.6 is 0 Å². The van der Waals surface area contributed by atoms with Gasteiger partial charge in [-0.3, -0.25) is 4.57 Å². The Labute approximate surface area is 142 Å². The van der Waals surface area contributed by atoms with Crippen LogP contribution in [0.5, 0.6) is 0 Å². The second-order valence-electron chi connectivity index (χ2n) is 7.65. The molecule has 1 aliphatic heterocycles. The predicted molar refractivity (Wildman–Crippen MR) is 92.9 cm³/mol. The lowest BCUT2D eigenvalue weighted by molar-refractivity contribution is 0.0544. The highest BCUT2D eigenvalue weighted by molar-refractivity contribution is 5.92. The van der Waals surface area contributed by atoms with E-state index >= 15 is 0 Å². The van der Waals surface area contributed by atoms with Gasteiger partial charge in [0.1, 0.15) is 11.4 Å². The Bertz CT molecular complexity index is 761. The fraction of sp³-hybridized carbons (Fsp3) is 0.526. The van der Waals surface area contributed by atoms with Crippen molar-refractivity contribution in [3.05, 3.63) is 35.8 Å². The summed E-state index contributed by atoms with van der Waals surface area (Å²) in [5, 5.41) is 0.919. The Kier molecular flexibility index (Phi) is 4.38. The lowest BCUT2D eigenvalue weighted by Gasteiger charge is -2.20. The van der Waals surface area contributed by atoms with Crippen LogP contribution in [0.25, 0.3) is 10.9 Å². The van der Waals surface area contributed by atoms with E-state index in [0.29, 0.717) is 11.6 Å². The molecule has 5 heteroatoms. The SMILES string of the molecule is CN1CCC[C@H]1Cc1cn(C(=O)OC(C)(C)C)c2cc(F)ccc12. The van der Waals surface area contributed by atoms with E-state index in [9.17, 15) is 9.18 Å². The van der Waals surface area contributed by atoms with Gasteiger partial charge in [-0.05, 0) is 77.4 Å². The maximum atomic E-state index is 13.7. The maximum absolute atomic E-state index is 13.7. The smallest absolute Gasteiger partial charge is 0.419 e. The van der Waals surface area contributed by atoms with Crippen molar-refractivity contribution in [2.45, 2.75) is 51.7 Å². The molecule has 3 rings (SSSR count). The zero-order valence-corrected chi connectivity index (χ0v) is 14.8.